The second-order valence-corrected chi connectivity index (χ2v) is 6.59. The van der Waals surface area contributed by atoms with Crippen LogP contribution in [-0.4, -0.2) is 24.5 Å². The van der Waals surface area contributed by atoms with Crippen LogP contribution >= 0.6 is 0 Å². The van der Waals surface area contributed by atoms with Gasteiger partial charge in [-0.25, -0.2) is 0 Å². The van der Waals surface area contributed by atoms with Crippen molar-refractivity contribution in [2.24, 2.45) is 11.3 Å². The molecule has 1 aliphatic rings. The predicted octanol–water partition coefficient (Wildman–Crippen LogP) is 3.93. The first-order chi connectivity index (χ1) is 6.97. The Kier molecular flexibility index (Phi) is 5.11. The first-order valence-corrected chi connectivity index (χ1v) is 6.70. The molecule has 0 N–H and O–H groups in total. The fourth-order valence-electron chi connectivity index (χ4n) is 2.35. The van der Waals surface area contributed by atoms with Gasteiger partial charge in [0, 0.05) is 13.1 Å². The lowest BCUT2D eigenvalue weighted by atomic mass is 9.89. The summed E-state index contributed by atoms with van der Waals surface area (Å²) in [6.45, 7) is 13.4. The second kappa shape index (κ2) is 5.89. The lowest BCUT2D eigenvalue weighted by Gasteiger charge is -2.37. The first kappa shape index (κ1) is 13.0. The fourth-order valence-corrected chi connectivity index (χ4v) is 2.35. The molecule has 0 aromatic heterocycles. The number of nitrogens with zero attached hydrogens (tertiary/aromatic N) is 1. The molecule has 0 aromatic carbocycles. The SMILES string of the molecule is CC1CN(CCCCCCC(C)(C)C)C1. The van der Waals surface area contributed by atoms with Gasteiger partial charge in [-0.2, -0.15) is 0 Å². The van der Waals surface area contributed by atoms with Crippen molar-refractivity contribution >= 4 is 0 Å². The highest BCUT2D eigenvalue weighted by Gasteiger charge is 2.20. The molecule has 0 atom stereocenters. The van der Waals surface area contributed by atoms with E-state index in [2.05, 4.69) is 32.6 Å². The molecule has 0 spiro atoms. The molecule has 1 heteroatoms. The largest absolute Gasteiger partial charge is 0.303 e. The van der Waals surface area contributed by atoms with Gasteiger partial charge < -0.3 is 4.90 Å². The topological polar surface area (TPSA) is 3.24 Å². The highest BCUT2D eigenvalue weighted by molar-refractivity contribution is 4.75. The molecule has 1 fully saturated rings. The molecule has 0 aliphatic carbocycles. The minimum atomic E-state index is 0.535. The molecule has 0 amide bonds. The molecular weight excluding hydrogens is 182 g/mol. The molecule has 1 saturated heterocycles. The average Bonchev–Trinajstić information content (AvgIpc) is 2.05. The standard InChI is InChI=1S/C14H29N/c1-13-11-15(12-13)10-8-6-5-7-9-14(2,3)4/h13H,5-12H2,1-4H3. The number of hydrogen-bond donors (Lipinski definition) is 0. The van der Waals surface area contributed by atoms with Gasteiger partial charge in [0.05, 0.1) is 0 Å². The van der Waals surface area contributed by atoms with Gasteiger partial charge in [0.25, 0.3) is 0 Å². The van der Waals surface area contributed by atoms with Gasteiger partial charge in [0.1, 0.15) is 0 Å². The number of unbranched alkanes of at least 4 members (excludes halogenated alkanes) is 3. The van der Waals surface area contributed by atoms with Crippen molar-refractivity contribution in [3.8, 4) is 0 Å². The Balaban J connectivity index is 1.81. The van der Waals surface area contributed by atoms with Crippen LogP contribution in [0.2, 0.25) is 0 Å². The zero-order valence-electron chi connectivity index (χ0n) is 11.2. The maximum absolute atomic E-state index is 2.59. The van der Waals surface area contributed by atoms with Gasteiger partial charge in [0.2, 0.25) is 0 Å². The third kappa shape index (κ3) is 6.19. The second-order valence-electron chi connectivity index (χ2n) is 6.59. The van der Waals surface area contributed by atoms with Crippen molar-refractivity contribution in [1.82, 2.24) is 4.90 Å². The van der Waals surface area contributed by atoms with Crippen LogP contribution in [-0.2, 0) is 0 Å². The van der Waals surface area contributed by atoms with Gasteiger partial charge in [-0.05, 0) is 30.7 Å². The summed E-state index contributed by atoms with van der Waals surface area (Å²) in [5.74, 6) is 0.964. The Labute approximate surface area is 96.2 Å². The third-order valence-corrected chi connectivity index (χ3v) is 3.29. The van der Waals surface area contributed by atoms with E-state index >= 15 is 0 Å². The monoisotopic (exact) mass is 211 g/mol. The first-order valence-electron chi connectivity index (χ1n) is 6.70. The van der Waals surface area contributed by atoms with Crippen molar-refractivity contribution in [3.63, 3.8) is 0 Å². The van der Waals surface area contributed by atoms with Gasteiger partial charge in [-0.3, -0.25) is 0 Å². The van der Waals surface area contributed by atoms with Gasteiger partial charge >= 0.3 is 0 Å². The molecule has 0 bridgehead atoms. The molecule has 1 rings (SSSR count). The Hall–Kier alpha value is -0.0400. The number of likely N-dealkylation sites (tertiary alicyclic amines) is 1. The quantitative estimate of drug-likeness (QED) is 0.602. The molecule has 90 valence electrons. The smallest absolute Gasteiger partial charge is 0.00194 e. The van der Waals surface area contributed by atoms with Gasteiger partial charge in [-0.1, -0.05) is 47.0 Å². The minimum Gasteiger partial charge on any atom is -0.303 e. The number of rotatable bonds is 6. The van der Waals surface area contributed by atoms with Crippen molar-refractivity contribution < 1.29 is 0 Å². The highest BCUT2D eigenvalue weighted by atomic mass is 15.2. The summed E-state index contributed by atoms with van der Waals surface area (Å²) in [4.78, 5) is 2.59. The van der Waals surface area contributed by atoms with E-state index in [1.54, 1.807) is 0 Å². The summed E-state index contributed by atoms with van der Waals surface area (Å²) < 4.78 is 0. The lowest BCUT2D eigenvalue weighted by molar-refractivity contribution is 0.110. The summed E-state index contributed by atoms with van der Waals surface area (Å²) in [5, 5.41) is 0. The van der Waals surface area contributed by atoms with E-state index in [9.17, 15) is 0 Å². The minimum absolute atomic E-state index is 0.535. The normalized spacial score (nSPS) is 19.2. The Bertz CT molecular complexity index is 163. The summed E-state index contributed by atoms with van der Waals surface area (Å²) in [7, 11) is 0. The van der Waals surface area contributed by atoms with Crippen molar-refractivity contribution in [2.45, 2.75) is 59.8 Å². The number of hydrogen-bond acceptors (Lipinski definition) is 1. The fraction of sp³-hybridized carbons (Fsp3) is 1.00. The molecule has 1 aliphatic heterocycles. The lowest BCUT2D eigenvalue weighted by Crippen LogP contribution is -2.45. The van der Waals surface area contributed by atoms with Crippen molar-refractivity contribution in [2.75, 3.05) is 19.6 Å². The van der Waals surface area contributed by atoms with Crippen LogP contribution < -0.4 is 0 Å². The summed E-state index contributed by atoms with van der Waals surface area (Å²) in [6.07, 6.45) is 7.08. The highest BCUT2D eigenvalue weighted by Crippen LogP contribution is 2.22. The van der Waals surface area contributed by atoms with E-state index < -0.39 is 0 Å². The van der Waals surface area contributed by atoms with E-state index in [1.165, 1.54) is 51.7 Å². The summed E-state index contributed by atoms with van der Waals surface area (Å²) in [5.41, 5.74) is 0.535. The maximum atomic E-state index is 2.59. The third-order valence-electron chi connectivity index (χ3n) is 3.29. The van der Waals surface area contributed by atoms with Crippen LogP contribution in [0, 0.1) is 11.3 Å². The predicted molar refractivity (Wildman–Crippen MR) is 68.1 cm³/mol. The molecular formula is C14H29N. The molecule has 1 heterocycles. The summed E-state index contributed by atoms with van der Waals surface area (Å²) in [6, 6.07) is 0. The van der Waals surface area contributed by atoms with E-state index in [0.29, 0.717) is 5.41 Å². The zero-order chi connectivity index (χ0) is 11.3. The van der Waals surface area contributed by atoms with Crippen LogP contribution in [0.25, 0.3) is 0 Å². The molecule has 0 unspecified atom stereocenters. The van der Waals surface area contributed by atoms with Gasteiger partial charge in [-0.15, -0.1) is 0 Å². The van der Waals surface area contributed by atoms with E-state index in [4.69, 9.17) is 0 Å². The van der Waals surface area contributed by atoms with E-state index in [0.717, 1.165) is 5.92 Å². The maximum Gasteiger partial charge on any atom is 0.00194 e. The molecule has 15 heavy (non-hydrogen) atoms. The molecule has 0 saturated carbocycles. The van der Waals surface area contributed by atoms with Crippen molar-refractivity contribution in [3.05, 3.63) is 0 Å². The van der Waals surface area contributed by atoms with E-state index in [-0.39, 0.29) is 0 Å². The summed E-state index contributed by atoms with van der Waals surface area (Å²) >= 11 is 0. The van der Waals surface area contributed by atoms with Crippen LogP contribution in [0.3, 0.4) is 0 Å². The molecule has 1 nitrogen and oxygen atoms in total. The van der Waals surface area contributed by atoms with Crippen molar-refractivity contribution in [1.29, 1.82) is 0 Å². The van der Waals surface area contributed by atoms with Gasteiger partial charge in [0.15, 0.2) is 0 Å². The molecule has 0 aromatic rings. The zero-order valence-corrected chi connectivity index (χ0v) is 11.2. The Morgan fingerprint density at radius 1 is 1.00 bits per heavy atom. The van der Waals surface area contributed by atoms with Crippen LogP contribution in [0.1, 0.15) is 59.8 Å². The Morgan fingerprint density at radius 2 is 1.60 bits per heavy atom. The van der Waals surface area contributed by atoms with Crippen LogP contribution in [0.5, 0.6) is 0 Å². The Morgan fingerprint density at radius 3 is 2.13 bits per heavy atom. The average molecular weight is 211 g/mol. The van der Waals surface area contributed by atoms with Crippen LogP contribution in [0.15, 0.2) is 0 Å². The van der Waals surface area contributed by atoms with Crippen LogP contribution in [0.4, 0.5) is 0 Å². The molecule has 0 radical (unpaired) electrons. The van der Waals surface area contributed by atoms with E-state index in [1.807, 2.05) is 0 Å².